The smallest absolute Gasteiger partial charge is 0.381 e. The van der Waals surface area contributed by atoms with Crippen molar-refractivity contribution in [1.29, 1.82) is 0 Å². The van der Waals surface area contributed by atoms with Crippen molar-refractivity contribution < 1.29 is 14.5 Å². The molecule has 1 heterocycles. The maximum absolute atomic E-state index is 12.2. The first-order chi connectivity index (χ1) is 9.89. The highest BCUT2D eigenvalue weighted by Gasteiger charge is 2.36. The molecule has 1 atom stereocenters. The van der Waals surface area contributed by atoms with Gasteiger partial charge in [0, 0.05) is 0 Å². The van der Waals surface area contributed by atoms with Crippen LogP contribution in [0.3, 0.4) is 0 Å². The standard InChI is InChI=1S/C14H15N3O4/c1-10(18)14(2,11-4-6-12(21-3)7-5-11)16-8-13(15-9-16)17(19)20/h4-9H,1-3H3. The number of hydrogen-bond acceptors (Lipinski definition) is 5. The zero-order valence-corrected chi connectivity index (χ0v) is 11.9. The van der Waals surface area contributed by atoms with E-state index < -0.39 is 10.5 Å². The van der Waals surface area contributed by atoms with E-state index in [9.17, 15) is 14.9 Å². The lowest BCUT2D eigenvalue weighted by atomic mass is 9.88. The molecule has 0 aliphatic heterocycles. The van der Waals surface area contributed by atoms with E-state index in [4.69, 9.17) is 4.74 Å². The number of rotatable bonds is 5. The molecule has 0 fully saturated rings. The number of benzene rings is 1. The van der Waals surface area contributed by atoms with Crippen molar-refractivity contribution in [3.05, 3.63) is 52.5 Å². The fourth-order valence-electron chi connectivity index (χ4n) is 2.10. The Balaban J connectivity index is 2.52. The fourth-order valence-corrected chi connectivity index (χ4v) is 2.10. The van der Waals surface area contributed by atoms with Gasteiger partial charge in [0.15, 0.2) is 5.78 Å². The zero-order chi connectivity index (χ0) is 15.6. The maximum Gasteiger partial charge on any atom is 0.381 e. The Morgan fingerprint density at radius 3 is 2.43 bits per heavy atom. The molecule has 0 aliphatic carbocycles. The van der Waals surface area contributed by atoms with Crippen molar-refractivity contribution in [2.45, 2.75) is 19.4 Å². The largest absolute Gasteiger partial charge is 0.497 e. The number of Topliss-reactive ketones (excluding diaryl/α,β-unsaturated/α-hetero) is 1. The minimum absolute atomic E-state index is 0.153. The van der Waals surface area contributed by atoms with Gasteiger partial charge in [0.1, 0.15) is 17.5 Å². The number of nitro groups is 1. The van der Waals surface area contributed by atoms with Crippen LogP contribution in [0, 0.1) is 10.1 Å². The van der Waals surface area contributed by atoms with Crippen LogP contribution in [0.4, 0.5) is 5.82 Å². The van der Waals surface area contributed by atoms with E-state index in [1.54, 1.807) is 38.3 Å². The second kappa shape index (κ2) is 5.35. The van der Waals surface area contributed by atoms with Crippen LogP contribution in [0.2, 0.25) is 0 Å². The van der Waals surface area contributed by atoms with Crippen molar-refractivity contribution in [3.63, 3.8) is 0 Å². The van der Waals surface area contributed by atoms with Crippen LogP contribution < -0.4 is 4.74 Å². The van der Waals surface area contributed by atoms with Gasteiger partial charge in [-0.3, -0.25) is 9.36 Å². The predicted octanol–water partition coefficient (Wildman–Crippen LogP) is 2.15. The number of nitrogens with zero attached hydrogens (tertiary/aromatic N) is 3. The summed E-state index contributed by atoms with van der Waals surface area (Å²) in [5.74, 6) is 0.220. The summed E-state index contributed by atoms with van der Waals surface area (Å²) in [6.45, 7) is 3.14. The van der Waals surface area contributed by atoms with Crippen LogP contribution >= 0.6 is 0 Å². The van der Waals surface area contributed by atoms with E-state index in [-0.39, 0.29) is 11.6 Å². The summed E-state index contributed by atoms with van der Waals surface area (Å²) in [6, 6.07) is 6.99. The topological polar surface area (TPSA) is 87.3 Å². The maximum atomic E-state index is 12.2. The summed E-state index contributed by atoms with van der Waals surface area (Å²) in [7, 11) is 1.55. The highest BCUT2D eigenvalue weighted by atomic mass is 16.6. The van der Waals surface area contributed by atoms with Gasteiger partial charge < -0.3 is 14.9 Å². The first-order valence-corrected chi connectivity index (χ1v) is 6.24. The second-order valence-corrected chi connectivity index (χ2v) is 4.75. The van der Waals surface area contributed by atoms with E-state index in [1.807, 2.05) is 0 Å². The van der Waals surface area contributed by atoms with Crippen LogP contribution in [0.5, 0.6) is 5.75 Å². The quantitative estimate of drug-likeness (QED) is 0.621. The molecule has 0 radical (unpaired) electrons. The van der Waals surface area contributed by atoms with E-state index >= 15 is 0 Å². The van der Waals surface area contributed by atoms with Crippen LogP contribution in [0.25, 0.3) is 0 Å². The van der Waals surface area contributed by atoms with E-state index in [0.717, 1.165) is 0 Å². The molecule has 0 amide bonds. The van der Waals surface area contributed by atoms with Gasteiger partial charge in [0.2, 0.25) is 6.33 Å². The summed E-state index contributed by atoms with van der Waals surface area (Å²) in [5.41, 5.74) is -0.365. The van der Waals surface area contributed by atoms with Crippen molar-refractivity contribution >= 4 is 11.6 Å². The van der Waals surface area contributed by atoms with Crippen molar-refractivity contribution in [1.82, 2.24) is 9.55 Å². The molecular formula is C14H15N3O4. The van der Waals surface area contributed by atoms with Crippen molar-refractivity contribution in [2.75, 3.05) is 7.11 Å². The predicted molar refractivity (Wildman–Crippen MR) is 75.3 cm³/mol. The number of aromatic nitrogens is 2. The SMILES string of the molecule is COc1ccc(C(C)(C(C)=O)n2cnc([N+](=O)[O-])c2)cc1. The normalized spacial score (nSPS) is 13.5. The molecule has 21 heavy (non-hydrogen) atoms. The summed E-state index contributed by atoms with van der Waals surface area (Å²) in [5, 5.41) is 10.8. The molecule has 0 bridgehead atoms. The summed E-state index contributed by atoms with van der Waals surface area (Å²) in [4.78, 5) is 26.0. The van der Waals surface area contributed by atoms with Crippen molar-refractivity contribution in [2.24, 2.45) is 0 Å². The molecule has 1 unspecified atom stereocenters. The molecule has 2 rings (SSSR count). The molecule has 110 valence electrons. The molecule has 1 aromatic carbocycles. The minimum atomic E-state index is -1.06. The second-order valence-electron chi connectivity index (χ2n) is 4.75. The lowest BCUT2D eigenvalue weighted by Crippen LogP contribution is -2.37. The van der Waals surface area contributed by atoms with Gasteiger partial charge in [-0.1, -0.05) is 12.1 Å². The van der Waals surface area contributed by atoms with Crippen LogP contribution in [-0.4, -0.2) is 27.4 Å². The van der Waals surface area contributed by atoms with Gasteiger partial charge >= 0.3 is 5.82 Å². The minimum Gasteiger partial charge on any atom is -0.497 e. The number of carbonyl (C=O) groups is 1. The van der Waals surface area contributed by atoms with E-state index in [1.165, 1.54) is 24.0 Å². The molecule has 0 saturated heterocycles. The Morgan fingerprint density at radius 1 is 1.38 bits per heavy atom. The Labute approximate surface area is 121 Å². The molecular weight excluding hydrogens is 274 g/mol. The lowest BCUT2D eigenvalue weighted by Gasteiger charge is -2.28. The number of imidazole rings is 1. The fraction of sp³-hybridized carbons (Fsp3) is 0.286. The molecule has 2 aromatic rings. The first kappa shape index (κ1) is 14.7. The first-order valence-electron chi connectivity index (χ1n) is 6.24. The Kier molecular flexibility index (Phi) is 3.75. The third-order valence-corrected chi connectivity index (χ3v) is 3.61. The van der Waals surface area contributed by atoms with Crippen LogP contribution in [0.1, 0.15) is 19.4 Å². The Bertz CT molecular complexity index is 678. The third-order valence-electron chi connectivity index (χ3n) is 3.61. The van der Waals surface area contributed by atoms with Crippen LogP contribution in [0.15, 0.2) is 36.8 Å². The van der Waals surface area contributed by atoms with Gasteiger partial charge in [0.25, 0.3) is 0 Å². The van der Waals surface area contributed by atoms with Gasteiger partial charge in [0.05, 0.1) is 7.11 Å². The third kappa shape index (κ3) is 2.49. The van der Waals surface area contributed by atoms with Crippen LogP contribution in [-0.2, 0) is 10.3 Å². The molecule has 0 saturated carbocycles. The molecule has 0 spiro atoms. The van der Waals surface area contributed by atoms with E-state index in [0.29, 0.717) is 11.3 Å². The van der Waals surface area contributed by atoms with Gasteiger partial charge in [-0.25, -0.2) is 0 Å². The monoisotopic (exact) mass is 289 g/mol. The molecule has 7 nitrogen and oxygen atoms in total. The summed E-state index contributed by atoms with van der Waals surface area (Å²) >= 11 is 0. The lowest BCUT2D eigenvalue weighted by molar-refractivity contribution is -0.389. The van der Waals surface area contributed by atoms with E-state index in [2.05, 4.69) is 4.98 Å². The number of hydrogen-bond donors (Lipinski definition) is 0. The average molecular weight is 289 g/mol. The summed E-state index contributed by atoms with van der Waals surface area (Å²) in [6.07, 6.45) is 2.55. The highest BCUT2D eigenvalue weighted by Crippen LogP contribution is 2.29. The number of methoxy groups -OCH3 is 1. The van der Waals surface area contributed by atoms with Gasteiger partial charge in [-0.15, -0.1) is 0 Å². The number of carbonyl (C=O) groups excluding carboxylic acids is 1. The molecule has 1 aromatic heterocycles. The van der Waals surface area contributed by atoms with Gasteiger partial charge in [-0.05, 0) is 41.5 Å². The Hall–Kier alpha value is -2.70. The molecule has 7 heteroatoms. The zero-order valence-electron chi connectivity index (χ0n) is 11.9. The number of ether oxygens (including phenoxy) is 1. The highest BCUT2D eigenvalue weighted by molar-refractivity contribution is 5.87. The summed E-state index contributed by atoms with van der Waals surface area (Å²) < 4.78 is 6.54. The number of ketones is 1. The van der Waals surface area contributed by atoms with Crippen molar-refractivity contribution in [3.8, 4) is 5.75 Å². The molecule has 0 aliphatic rings. The van der Waals surface area contributed by atoms with Gasteiger partial charge in [-0.2, -0.15) is 0 Å². The molecule has 0 N–H and O–H groups in total. The average Bonchev–Trinajstić information content (AvgIpc) is 2.96. The Morgan fingerprint density at radius 2 is 2.00 bits per heavy atom.